The number of carbonyl (C=O) groups excluding carboxylic acids is 1. The minimum atomic E-state index is -0.303. The molecule has 0 radical (unpaired) electrons. The van der Waals surface area contributed by atoms with Crippen LogP contribution in [-0.2, 0) is 14.3 Å². The summed E-state index contributed by atoms with van der Waals surface area (Å²) in [6.45, 7) is 5.02. The highest BCUT2D eigenvalue weighted by atomic mass is 16.5. The number of morpholine rings is 1. The molecule has 1 fully saturated rings. The van der Waals surface area contributed by atoms with Crippen molar-refractivity contribution in [1.82, 2.24) is 5.32 Å². The van der Waals surface area contributed by atoms with Crippen LogP contribution < -0.4 is 5.32 Å². The van der Waals surface area contributed by atoms with Crippen molar-refractivity contribution in [1.29, 1.82) is 0 Å². The van der Waals surface area contributed by atoms with Gasteiger partial charge in [0, 0.05) is 6.54 Å². The fourth-order valence-corrected chi connectivity index (χ4v) is 1.08. The minimum Gasteiger partial charge on any atom is -0.468 e. The first-order valence-corrected chi connectivity index (χ1v) is 4.00. The summed E-state index contributed by atoms with van der Waals surface area (Å²) in [5.41, 5.74) is -0.176. The van der Waals surface area contributed by atoms with Crippen LogP contribution in [0.15, 0.2) is 0 Å². The molecule has 0 aromatic rings. The second-order valence-electron chi connectivity index (χ2n) is 3.53. The van der Waals surface area contributed by atoms with Crippen LogP contribution in [0.3, 0.4) is 0 Å². The Hall–Kier alpha value is -0.610. The molecule has 1 aliphatic heterocycles. The molecule has 0 bridgehead atoms. The van der Waals surface area contributed by atoms with E-state index < -0.39 is 0 Å². The molecule has 12 heavy (non-hydrogen) atoms. The molecular weight excluding hydrogens is 158 g/mol. The quantitative estimate of drug-likeness (QED) is 0.564. The monoisotopic (exact) mass is 173 g/mol. The molecular formula is C8H15NO3. The molecule has 70 valence electrons. The third kappa shape index (κ3) is 2.19. The van der Waals surface area contributed by atoms with Gasteiger partial charge in [0.1, 0.15) is 6.04 Å². The molecule has 4 nitrogen and oxygen atoms in total. The summed E-state index contributed by atoms with van der Waals surface area (Å²) in [7, 11) is 1.38. The lowest BCUT2D eigenvalue weighted by Crippen LogP contribution is -2.54. The van der Waals surface area contributed by atoms with Gasteiger partial charge in [-0.05, 0) is 13.8 Å². The first-order chi connectivity index (χ1) is 5.55. The molecule has 0 amide bonds. The number of methoxy groups -OCH3 is 1. The van der Waals surface area contributed by atoms with Gasteiger partial charge in [-0.25, -0.2) is 0 Å². The van der Waals surface area contributed by atoms with Crippen LogP contribution >= 0.6 is 0 Å². The Morgan fingerprint density at radius 2 is 2.33 bits per heavy atom. The van der Waals surface area contributed by atoms with Crippen molar-refractivity contribution in [3.63, 3.8) is 0 Å². The standard InChI is InChI=1S/C8H15NO3/c1-8(2)5-9-6(4-12-8)7(10)11-3/h6,9H,4-5H2,1-3H3. The number of nitrogens with one attached hydrogen (secondary N) is 1. The Labute approximate surface area is 72.2 Å². The van der Waals surface area contributed by atoms with E-state index in [0.29, 0.717) is 13.2 Å². The predicted molar refractivity (Wildman–Crippen MR) is 43.8 cm³/mol. The molecule has 1 saturated heterocycles. The van der Waals surface area contributed by atoms with E-state index in [1.54, 1.807) is 0 Å². The van der Waals surface area contributed by atoms with Crippen LogP contribution in [0.25, 0.3) is 0 Å². The highest BCUT2D eigenvalue weighted by Gasteiger charge is 2.31. The molecule has 0 aliphatic carbocycles. The molecule has 1 atom stereocenters. The SMILES string of the molecule is COC(=O)C1COC(C)(C)CN1. The van der Waals surface area contributed by atoms with E-state index in [0.717, 1.165) is 0 Å². The van der Waals surface area contributed by atoms with E-state index in [2.05, 4.69) is 10.1 Å². The zero-order valence-electron chi connectivity index (χ0n) is 7.72. The Morgan fingerprint density at radius 3 is 2.75 bits per heavy atom. The van der Waals surface area contributed by atoms with Gasteiger partial charge in [0.15, 0.2) is 0 Å². The van der Waals surface area contributed by atoms with Crippen molar-refractivity contribution in [3.05, 3.63) is 0 Å². The summed E-state index contributed by atoms with van der Waals surface area (Å²) in [4.78, 5) is 11.0. The van der Waals surface area contributed by atoms with E-state index >= 15 is 0 Å². The Bertz CT molecular complexity index is 169. The molecule has 1 N–H and O–H groups in total. The van der Waals surface area contributed by atoms with Crippen LogP contribution in [0.4, 0.5) is 0 Å². The molecule has 1 unspecified atom stereocenters. The lowest BCUT2D eigenvalue weighted by atomic mass is 10.1. The molecule has 1 rings (SSSR count). The smallest absolute Gasteiger partial charge is 0.325 e. The molecule has 0 aromatic carbocycles. The third-order valence-electron chi connectivity index (χ3n) is 1.90. The zero-order valence-corrected chi connectivity index (χ0v) is 7.72. The maximum atomic E-state index is 11.0. The van der Waals surface area contributed by atoms with Gasteiger partial charge >= 0.3 is 5.97 Å². The summed E-state index contributed by atoms with van der Waals surface area (Å²) in [5.74, 6) is -0.259. The Balaban J connectivity index is 2.41. The summed E-state index contributed by atoms with van der Waals surface area (Å²) in [6, 6.07) is -0.303. The van der Waals surface area contributed by atoms with Gasteiger partial charge in [0.05, 0.1) is 19.3 Å². The average Bonchev–Trinajstić information content (AvgIpc) is 2.03. The van der Waals surface area contributed by atoms with Gasteiger partial charge in [-0.15, -0.1) is 0 Å². The number of ether oxygens (including phenoxy) is 2. The maximum absolute atomic E-state index is 11.0. The average molecular weight is 173 g/mol. The van der Waals surface area contributed by atoms with Crippen molar-refractivity contribution in [2.45, 2.75) is 25.5 Å². The Kier molecular flexibility index (Phi) is 2.69. The van der Waals surface area contributed by atoms with E-state index in [1.165, 1.54) is 7.11 Å². The molecule has 0 saturated carbocycles. The summed E-state index contributed by atoms with van der Waals surface area (Å²) < 4.78 is 10.0. The predicted octanol–water partition coefficient (Wildman–Crippen LogP) is -0.0736. The summed E-state index contributed by atoms with van der Waals surface area (Å²) >= 11 is 0. The van der Waals surface area contributed by atoms with Gasteiger partial charge in [-0.3, -0.25) is 10.1 Å². The maximum Gasteiger partial charge on any atom is 0.325 e. The molecule has 1 aliphatic rings. The Morgan fingerprint density at radius 1 is 1.67 bits per heavy atom. The van der Waals surface area contributed by atoms with Gasteiger partial charge in [-0.2, -0.15) is 0 Å². The van der Waals surface area contributed by atoms with Crippen molar-refractivity contribution >= 4 is 5.97 Å². The number of hydrogen-bond donors (Lipinski definition) is 1. The van der Waals surface area contributed by atoms with Crippen LogP contribution in [0, 0.1) is 0 Å². The van der Waals surface area contributed by atoms with Crippen LogP contribution in [-0.4, -0.2) is 37.9 Å². The summed E-state index contributed by atoms with van der Waals surface area (Å²) in [5, 5.41) is 3.06. The van der Waals surface area contributed by atoms with Crippen molar-refractivity contribution in [2.24, 2.45) is 0 Å². The van der Waals surface area contributed by atoms with Gasteiger partial charge in [0.25, 0.3) is 0 Å². The number of hydrogen-bond acceptors (Lipinski definition) is 4. The van der Waals surface area contributed by atoms with Crippen LogP contribution in [0.2, 0.25) is 0 Å². The number of rotatable bonds is 1. The second kappa shape index (κ2) is 3.41. The molecule has 1 heterocycles. The van der Waals surface area contributed by atoms with Gasteiger partial charge in [-0.1, -0.05) is 0 Å². The largest absolute Gasteiger partial charge is 0.468 e. The topological polar surface area (TPSA) is 47.6 Å². The lowest BCUT2D eigenvalue weighted by Gasteiger charge is -2.34. The molecule has 0 aromatic heterocycles. The lowest BCUT2D eigenvalue weighted by molar-refractivity contribution is -0.150. The van der Waals surface area contributed by atoms with Gasteiger partial charge < -0.3 is 9.47 Å². The molecule has 0 spiro atoms. The highest BCUT2D eigenvalue weighted by molar-refractivity contribution is 5.75. The normalized spacial score (nSPS) is 28.1. The highest BCUT2D eigenvalue weighted by Crippen LogP contribution is 2.13. The van der Waals surface area contributed by atoms with Gasteiger partial charge in [0.2, 0.25) is 0 Å². The van der Waals surface area contributed by atoms with E-state index in [4.69, 9.17) is 4.74 Å². The van der Waals surface area contributed by atoms with E-state index in [1.807, 2.05) is 13.8 Å². The van der Waals surface area contributed by atoms with E-state index in [-0.39, 0.29) is 17.6 Å². The second-order valence-corrected chi connectivity index (χ2v) is 3.53. The third-order valence-corrected chi connectivity index (χ3v) is 1.90. The summed E-state index contributed by atoms with van der Waals surface area (Å²) in [6.07, 6.45) is 0. The van der Waals surface area contributed by atoms with E-state index in [9.17, 15) is 4.79 Å². The zero-order chi connectivity index (χ0) is 9.19. The minimum absolute atomic E-state index is 0.176. The number of carbonyl (C=O) groups is 1. The van der Waals surface area contributed by atoms with Crippen LogP contribution in [0.1, 0.15) is 13.8 Å². The van der Waals surface area contributed by atoms with Crippen LogP contribution in [0.5, 0.6) is 0 Å². The number of esters is 1. The fourth-order valence-electron chi connectivity index (χ4n) is 1.08. The first kappa shape index (κ1) is 9.48. The van der Waals surface area contributed by atoms with Crippen molar-refractivity contribution in [2.75, 3.05) is 20.3 Å². The van der Waals surface area contributed by atoms with Crippen molar-refractivity contribution < 1.29 is 14.3 Å². The first-order valence-electron chi connectivity index (χ1n) is 4.00. The molecule has 4 heteroatoms. The van der Waals surface area contributed by atoms with Crippen molar-refractivity contribution in [3.8, 4) is 0 Å². The fraction of sp³-hybridized carbons (Fsp3) is 0.875.